The van der Waals surface area contributed by atoms with Crippen LogP contribution in [0.3, 0.4) is 0 Å². The van der Waals surface area contributed by atoms with E-state index in [0.717, 1.165) is 7.11 Å². The van der Waals surface area contributed by atoms with Crippen molar-refractivity contribution in [3.8, 4) is 0 Å². The topological polar surface area (TPSA) is 362 Å². The number of ether oxygens (including phenoxy) is 5. The van der Waals surface area contributed by atoms with Gasteiger partial charge in [-0.2, -0.15) is 0 Å². The smallest absolute Gasteiger partial charge is 0.425 e. The number of carbonyl (C=O) groups excluding carboxylic acids is 3. The number of allylic oxidation sites excluding steroid dienone is 12. The zero-order valence-corrected chi connectivity index (χ0v) is 39.2. The van der Waals surface area contributed by atoms with Crippen molar-refractivity contribution in [1.29, 1.82) is 0 Å². The lowest BCUT2D eigenvalue weighted by molar-refractivity contribution is -0.299. The quantitative estimate of drug-likeness (QED) is 0.123. The Morgan fingerprint density at radius 2 is 1.30 bits per heavy atom. The molecule has 3 amide bonds. The number of esters is 1. The molecule has 2 saturated heterocycles. The predicted octanol–water partition coefficient (Wildman–Crippen LogP) is -0.685. The Bertz CT molecular complexity index is 1780. The van der Waals surface area contributed by atoms with Crippen LogP contribution in [0.5, 0.6) is 0 Å². The van der Waals surface area contributed by atoms with Crippen LogP contribution in [-0.2, 0) is 28.5 Å². The van der Waals surface area contributed by atoms with Gasteiger partial charge in [-0.05, 0) is 26.2 Å². The molecule has 0 aromatic heterocycles. The van der Waals surface area contributed by atoms with E-state index in [2.05, 4.69) is 15.5 Å². The number of amides is 3. The first kappa shape index (κ1) is 58.9. The summed E-state index contributed by atoms with van der Waals surface area (Å²) in [5, 5.41) is 111. The summed E-state index contributed by atoms with van der Waals surface area (Å²) in [7, 11) is 1.06. The predicted molar refractivity (Wildman–Crippen MR) is 248 cm³/mol. The Kier molecular flexibility index (Phi) is 26.0. The highest BCUT2D eigenvalue weighted by Gasteiger charge is 2.49. The van der Waals surface area contributed by atoms with Gasteiger partial charge in [-0.3, -0.25) is 4.79 Å². The molecule has 3 aliphatic heterocycles. The van der Waals surface area contributed by atoms with E-state index in [0.29, 0.717) is 0 Å². The number of cyclic esters (lactones) is 1. The van der Waals surface area contributed by atoms with Crippen LogP contribution in [0.15, 0.2) is 85.1 Å². The van der Waals surface area contributed by atoms with Gasteiger partial charge in [-0.25, -0.2) is 20.4 Å². The van der Waals surface area contributed by atoms with Crippen LogP contribution in [0.25, 0.3) is 0 Å². The van der Waals surface area contributed by atoms with E-state index < -0.39 is 141 Å². The highest BCUT2D eigenvalue weighted by atomic mass is 16.7. The number of rotatable bonds is 3. The molecular weight excluding hydrogens is 909 g/mol. The number of carbonyl (C=O) groups is 3. The Labute approximate surface area is 402 Å². The van der Waals surface area contributed by atoms with Gasteiger partial charge in [0.05, 0.1) is 93.3 Å². The molecule has 3 rings (SSSR count). The summed E-state index contributed by atoms with van der Waals surface area (Å²) in [6.45, 7) is 3.16. The maximum absolute atomic E-state index is 12.9. The van der Waals surface area contributed by atoms with Crippen LogP contribution < -0.4 is 21.9 Å². The van der Waals surface area contributed by atoms with Crippen LogP contribution in [-0.4, -0.2) is 180 Å². The van der Waals surface area contributed by atoms with E-state index in [4.69, 9.17) is 24.7 Å². The van der Waals surface area contributed by atoms with Gasteiger partial charge in [-0.15, -0.1) is 0 Å². The number of nitrogens with two attached hydrogens (primary N) is 1. The fourth-order valence-electron chi connectivity index (χ4n) is 7.70. The molecule has 0 spiro atoms. The minimum atomic E-state index is -2.32. The van der Waals surface area contributed by atoms with Gasteiger partial charge in [-0.1, -0.05) is 92.0 Å². The molecule has 22 nitrogen and oxygen atoms in total. The lowest BCUT2D eigenvalue weighted by atomic mass is 9.87. The minimum Gasteiger partial charge on any atom is -0.462 e. The lowest BCUT2D eigenvalue weighted by Gasteiger charge is -2.46. The SMILES string of the molecule is COC(=O)NNC(=O)N[C@H]1[C@@H]2C[C@@H](O[C@@H]3OC[C@@H](O)[C@H](N)[C@@H]3O)/C=C/C=C/C=C/C=C/C=C/C=C/C=C/[C@H](C)[C@@H](O)C[C@H](C)OC(=O)C[C@H](O)C[C@H](O)CC[C@@H](O)[C@H](O)C[C@H](O)C[C@](O)(C[C@@H]1O)O2. The molecular formula is C47H74N4O18. The van der Waals surface area contributed by atoms with Crippen molar-refractivity contribution in [3.05, 3.63) is 85.1 Å². The van der Waals surface area contributed by atoms with E-state index in [-0.39, 0.29) is 44.6 Å². The second-order valence-electron chi connectivity index (χ2n) is 17.6. The van der Waals surface area contributed by atoms with Gasteiger partial charge in [0.1, 0.15) is 12.2 Å². The number of urea groups is 1. The molecule has 0 unspecified atom stereocenters. The van der Waals surface area contributed by atoms with Crippen molar-refractivity contribution in [2.75, 3.05) is 13.7 Å². The van der Waals surface area contributed by atoms with E-state index in [1.54, 1.807) is 85.9 Å². The molecule has 2 fully saturated rings. The molecule has 22 heteroatoms. The van der Waals surface area contributed by atoms with Crippen molar-refractivity contribution >= 4 is 18.1 Å². The van der Waals surface area contributed by atoms with Crippen LogP contribution >= 0.6 is 0 Å². The molecule has 0 saturated carbocycles. The molecule has 0 aliphatic carbocycles. The fraction of sp³-hybridized carbons (Fsp3) is 0.638. The number of aliphatic hydroxyl groups is 10. The second kappa shape index (κ2) is 30.4. The second-order valence-corrected chi connectivity index (χ2v) is 17.6. The number of nitrogens with one attached hydrogen (secondary N) is 3. The highest BCUT2D eigenvalue weighted by Crippen LogP contribution is 2.35. The number of hydrogen-bond donors (Lipinski definition) is 14. The number of hydrogen-bond acceptors (Lipinski definition) is 19. The molecule has 69 heavy (non-hydrogen) atoms. The Morgan fingerprint density at radius 3 is 1.93 bits per heavy atom. The standard InChI is InChI=1S/C47H74N4O18/c1-28-16-14-12-10-8-6-4-5-7-9-11-13-15-17-33(68-44-43(61)41(48)38(59)27-66-44)24-39-42(49-45(62)50-51-46(63)65-3)37(58)26-47(64,69-39)25-32(54)22-36(57)34(55)19-18-30(52)21-31(53)23-40(60)67-29(2)20-35(28)56/h4-17,28-39,41-44,52-59,61,64H,18-27,48H2,1-3H3,(H,51,63)(H2,49,50,62)/b5-4+,8-6+,9-7+,12-10+,13-11+,16-14+,17-15+/t28-,29-,30+,31+,32-,33-,34+,35-,36+,37-,38+,39-,41-,42+,43-,44-,47+/m0/s1. The average molecular weight is 983 g/mol. The third-order valence-electron chi connectivity index (χ3n) is 11.5. The van der Waals surface area contributed by atoms with Crippen LogP contribution in [0.1, 0.15) is 71.6 Å². The maximum Gasteiger partial charge on any atom is 0.425 e. The van der Waals surface area contributed by atoms with E-state index >= 15 is 0 Å². The van der Waals surface area contributed by atoms with E-state index in [9.17, 15) is 65.4 Å². The molecule has 390 valence electrons. The normalized spacial score (nSPS) is 41.1. The summed E-state index contributed by atoms with van der Waals surface area (Å²) in [5.41, 5.74) is 10.0. The van der Waals surface area contributed by atoms with Crippen LogP contribution in [0.4, 0.5) is 9.59 Å². The molecule has 0 aromatic rings. The van der Waals surface area contributed by atoms with Gasteiger partial charge in [0.2, 0.25) is 0 Å². The summed E-state index contributed by atoms with van der Waals surface area (Å²) in [6.07, 6.45) is 3.67. The summed E-state index contributed by atoms with van der Waals surface area (Å²) in [5.74, 6) is -3.33. The number of aliphatic hydroxyl groups excluding tert-OH is 9. The Morgan fingerprint density at radius 1 is 0.696 bits per heavy atom. The third-order valence-corrected chi connectivity index (χ3v) is 11.5. The van der Waals surface area contributed by atoms with Gasteiger partial charge in [0.15, 0.2) is 12.1 Å². The zero-order chi connectivity index (χ0) is 51.1. The minimum absolute atomic E-state index is 0.116. The number of hydrazine groups is 1. The van der Waals surface area contributed by atoms with Gasteiger partial charge in [0, 0.05) is 38.0 Å². The van der Waals surface area contributed by atoms with Crippen molar-refractivity contribution in [1.82, 2.24) is 16.2 Å². The summed E-state index contributed by atoms with van der Waals surface area (Å²) < 4.78 is 27.6. The first-order chi connectivity index (χ1) is 32.7. The van der Waals surface area contributed by atoms with Gasteiger partial charge in [0.25, 0.3) is 0 Å². The van der Waals surface area contributed by atoms with Crippen molar-refractivity contribution in [2.45, 2.75) is 169 Å². The summed E-state index contributed by atoms with van der Waals surface area (Å²) in [4.78, 5) is 37.0. The van der Waals surface area contributed by atoms with Crippen LogP contribution in [0, 0.1) is 5.92 Å². The van der Waals surface area contributed by atoms with Crippen molar-refractivity contribution in [2.24, 2.45) is 11.7 Å². The maximum atomic E-state index is 12.9. The first-order valence-electron chi connectivity index (χ1n) is 23.0. The lowest BCUT2D eigenvalue weighted by Crippen LogP contribution is -2.64. The zero-order valence-electron chi connectivity index (χ0n) is 39.2. The molecule has 3 aliphatic rings. The van der Waals surface area contributed by atoms with Gasteiger partial charge >= 0.3 is 18.1 Å². The van der Waals surface area contributed by atoms with Crippen LogP contribution in [0.2, 0.25) is 0 Å². The largest absolute Gasteiger partial charge is 0.462 e. The number of methoxy groups -OCH3 is 1. The first-order valence-corrected chi connectivity index (χ1v) is 23.0. The molecule has 3 heterocycles. The van der Waals surface area contributed by atoms with E-state index in [1.807, 2.05) is 12.3 Å². The third kappa shape index (κ3) is 22.1. The Hall–Kier alpha value is -4.37. The summed E-state index contributed by atoms with van der Waals surface area (Å²) >= 11 is 0. The highest BCUT2D eigenvalue weighted by molar-refractivity contribution is 5.77. The average Bonchev–Trinajstić information content (AvgIpc) is 3.27. The monoisotopic (exact) mass is 982 g/mol. The molecule has 2 bridgehead atoms. The van der Waals surface area contributed by atoms with Gasteiger partial charge < -0.3 is 85.8 Å². The van der Waals surface area contributed by atoms with Crippen molar-refractivity contribution < 1.29 is 89.1 Å². The molecule has 0 radical (unpaired) electrons. The molecule has 15 N–H and O–H groups in total. The molecule has 0 aromatic carbocycles. The number of fused-ring (bicyclic) bond motifs is 2. The molecule has 17 atom stereocenters. The fourth-order valence-corrected chi connectivity index (χ4v) is 7.70. The van der Waals surface area contributed by atoms with E-state index in [1.165, 1.54) is 6.08 Å². The summed E-state index contributed by atoms with van der Waals surface area (Å²) in [6, 6.07) is -3.50. The van der Waals surface area contributed by atoms with Crippen molar-refractivity contribution in [3.63, 3.8) is 0 Å². The Balaban J connectivity index is 1.90.